The molecule has 66 valence electrons. The molecule has 1 aliphatic rings. The van der Waals surface area contributed by atoms with Crippen molar-refractivity contribution in [3.8, 4) is 0 Å². The predicted octanol–water partition coefficient (Wildman–Crippen LogP) is 1.35. The van der Waals surface area contributed by atoms with E-state index >= 15 is 0 Å². The standard InChI is InChI=1S/C6H9F3O2/c1-5(3-11-5)2-10-4-6(7,8)9/h2-4H2,1H3. The van der Waals surface area contributed by atoms with Crippen LogP contribution in [-0.4, -0.2) is 31.6 Å². The number of epoxide rings is 1. The van der Waals surface area contributed by atoms with Crippen LogP contribution in [0.15, 0.2) is 0 Å². The van der Waals surface area contributed by atoms with Crippen LogP contribution in [0.25, 0.3) is 0 Å². The summed E-state index contributed by atoms with van der Waals surface area (Å²) >= 11 is 0. The van der Waals surface area contributed by atoms with Gasteiger partial charge in [-0.05, 0) is 6.92 Å². The average Bonchev–Trinajstić information content (AvgIpc) is 2.44. The first kappa shape index (κ1) is 8.80. The van der Waals surface area contributed by atoms with Gasteiger partial charge in [0.05, 0.1) is 13.2 Å². The molecule has 1 atom stereocenters. The van der Waals surface area contributed by atoms with Crippen LogP contribution in [0.1, 0.15) is 6.92 Å². The number of hydrogen-bond acceptors (Lipinski definition) is 2. The Hall–Kier alpha value is -0.290. The highest BCUT2D eigenvalue weighted by molar-refractivity contribution is 4.86. The average molecular weight is 170 g/mol. The first-order chi connectivity index (χ1) is 4.91. The molecule has 5 heteroatoms. The maximum atomic E-state index is 11.5. The zero-order valence-electron chi connectivity index (χ0n) is 6.07. The van der Waals surface area contributed by atoms with Crippen LogP contribution in [-0.2, 0) is 9.47 Å². The summed E-state index contributed by atoms with van der Waals surface area (Å²) < 4.78 is 43.6. The summed E-state index contributed by atoms with van der Waals surface area (Å²) in [5, 5.41) is 0. The lowest BCUT2D eigenvalue weighted by atomic mass is 10.2. The predicted molar refractivity (Wildman–Crippen MR) is 31.2 cm³/mol. The zero-order valence-corrected chi connectivity index (χ0v) is 6.07. The zero-order chi connectivity index (χ0) is 8.54. The lowest BCUT2D eigenvalue weighted by Crippen LogP contribution is -2.22. The molecule has 0 aliphatic carbocycles. The number of hydrogen-bond donors (Lipinski definition) is 0. The molecule has 0 radical (unpaired) electrons. The van der Waals surface area contributed by atoms with E-state index in [4.69, 9.17) is 4.74 Å². The third-order valence-corrected chi connectivity index (χ3v) is 1.31. The maximum absolute atomic E-state index is 11.5. The molecular weight excluding hydrogens is 161 g/mol. The summed E-state index contributed by atoms with van der Waals surface area (Å²) in [6.45, 7) is 1.03. The second-order valence-electron chi connectivity index (χ2n) is 2.85. The van der Waals surface area contributed by atoms with Crippen LogP contribution in [0.4, 0.5) is 13.2 Å². The molecule has 1 unspecified atom stereocenters. The normalized spacial score (nSPS) is 30.5. The summed E-state index contributed by atoms with van der Waals surface area (Å²) in [6, 6.07) is 0. The molecular formula is C6H9F3O2. The van der Waals surface area contributed by atoms with Crippen LogP contribution in [0.2, 0.25) is 0 Å². The van der Waals surface area contributed by atoms with Gasteiger partial charge in [-0.15, -0.1) is 0 Å². The first-order valence-electron chi connectivity index (χ1n) is 3.20. The van der Waals surface area contributed by atoms with Gasteiger partial charge in [-0.25, -0.2) is 0 Å². The minimum atomic E-state index is -4.23. The van der Waals surface area contributed by atoms with Crippen molar-refractivity contribution >= 4 is 0 Å². The van der Waals surface area contributed by atoms with Gasteiger partial charge < -0.3 is 9.47 Å². The Kier molecular flexibility index (Phi) is 2.11. The van der Waals surface area contributed by atoms with Crippen molar-refractivity contribution in [2.75, 3.05) is 19.8 Å². The van der Waals surface area contributed by atoms with Gasteiger partial charge >= 0.3 is 6.18 Å². The Morgan fingerprint density at radius 3 is 2.45 bits per heavy atom. The summed E-state index contributed by atoms with van der Waals surface area (Å²) in [6.07, 6.45) is -4.23. The highest BCUT2D eigenvalue weighted by Crippen LogP contribution is 2.26. The minimum Gasteiger partial charge on any atom is -0.369 e. The Balaban J connectivity index is 2.05. The van der Waals surface area contributed by atoms with Crippen LogP contribution >= 0.6 is 0 Å². The molecule has 1 heterocycles. The smallest absolute Gasteiger partial charge is 0.369 e. The molecule has 11 heavy (non-hydrogen) atoms. The van der Waals surface area contributed by atoms with Gasteiger partial charge in [0.15, 0.2) is 0 Å². The Bertz CT molecular complexity index is 134. The number of rotatable bonds is 3. The summed E-state index contributed by atoms with van der Waals surface area (Å²) in [5.41, 5.74) is -0.453. The summed E-state index contributed by atoms with van der Waals surface area (Å²) in [4.78, 5) is 0. The second kappa shape index (κ2) is 2.64. The lowest BCUT2D eigenvalue weighted by molar-refractivity contribution is -0.176. The monoisotopic (exact) mass is 170 g/mol. The van der Waals surface area contributed by atoms with Crippen molar-refractivity contribution in [1.29, 1.82) is 0 Å². The van der Waals surface area contributed by atoms with Crippen LogP contribution in [0.5, 0.6) is 0 Å². The van der Waals surface area contributed by atoms with Gasteiger partial charge in [-0.3, -0.25) is 0 Å². The molecule has 0 bridgehead atoms. The van der Waals surface area contributed by atoms with E-state index in [-0.39, 0.29) is 6.61 Å². The fourth-order valence-electron chi connectivity index (χ4n) is 0.589. The SMILES string of the molecule is CC1(COCC(F)(F)F)CO1. The van der Waals surface area contributed by atoms with Crippen molar-refractivity contribution < 1.29 is 22.6 Å². The van der Waals surface area contributed by atoms with E-state index in [1.54, 1.807) is 6.92 Å². The first-order valence-corrected chi connectivity index (χ1v) is 3.20. The van der Waals surface area contributed by atoms with Crippen LogP contribution in [0.3, 0.4) is 0 Å². The van der Waals surface area contributed by atoms with Crippen LogP contribution < -0.4 is 0 Å². The highest BCUT2D eigenvalue weighted by atomic mass is 19.4. The Morgan fingerprint density at radius 1 is 1.55 bits per heavy atom. The molecule has 0 amide bonds. The van der Waals surface area contributed by atoms with E-state index in [0.717, 1.165) is 0 Å². The van der Waals surface area contributed by atoms with E-state index in [0.29, 0.717) is 6.61 Å². The van der Waals surface area contributed by atoms with E-state index in [9.17, 15) is 13.2 Å². The Morgan fingerprint density at radius 2 is 2.09 bits per heavy atom. The number of halogens is 3. The second-order valence-corrected chi connectivity index (χ2v) is 2.85. The van der Waals surface area contributed by atoms with Gasteiger partial charge in [0.25, 0.3) is 0 Å². The van der Waals surface area contributed by atoms with Crippen molar-refractivity contribution in [3.05, 3.63) is 0 Å². The molecule has 1 fully saturated rings. The van der Waals surface area contributed by atoms with Gasteiger partial charge in [0, 0.05) is 0 Å². The maximum Gasteiger partial charge on any atom is 0.411 e. The summed E-state index contributed by atoms with van der Waals surface area (Å²) in [5.74, 6) is 0. The third kappa shape index (κ3) is 3.57. The van der Waals surface area contributed by atoms with E-state index in [2.05, 4.69) is 4.74 Å². The van der Waals surface area contributed by atoms with Gasteiger partial charge in [0.2, 0.25) is 0 Å². The van der Waals surface area contributed by atoms with E-state index in [1.807, 2.05) is 0 Å². The van der Waals surface area contributed by atoms with E-state index < -0.39 is 18.4 Å². The largest absolute Gasteiger partial charge is 0.411 e. The molecule has 0 N–H and O–H groups in total. The molecule has 0 aromatic heterocycles. The highest BCUT2D eigenvalue weighted by Gasteiger charge is 2.40. The molecule has 0 aromatic rings. The molecule has 0 aromatic carbocycles. The fourth-order valence-corrected chi connectivity index (χ4v) is 0.589. The number of ether oxygens (including phenoxy) is 2. The van der Waals surface area contributed by atoms with Crippen molar-refractivity contribution in [1.82, 2.24) is 0 Å². The summed E-state index contributed by atoms with van der Waals surface area (Å²) in [7, 11) is 0. The molecule has 1 saturated heterocycles. The van der Waals surface area contributed by atoms with Crippen LogP contribution in [0, 0.1) is 0 Å². The van der Waals surface area contributed by atoms with Crippen molar-refractivity contribution in [3.63, 3.8) is 0 Å². The van der Waals surface area contributed by atoms with E-state index in [1.165, 1.54) is 0 Å². The van der Waals surface area contributed by atoms with Crippen molar-refractivity contribution in [2.45, 2.75) is 18.7 Å². The molecule has 2 nitrogen and oxygen atoms in total. The molecule has 0 saturated carbocycles. The fraction of sp³-hybridized carbons (Fsp3) is 1.00. The third-order valence-electron chi connectivity index (χ3n) is 1.31. The topological polar surface area (TPSA) is 21.8 Å². The molecule has 0 spiro atoms. The quantitative estimate of drug-likeness (QED) is 0.596. The lowest BCUT2D eigenvalue weighted by Gasteiger charge is -2.08. The molecule has 1 aliphatic heterocycles. The molecule has 1 rings (SSSR count). The van der Waals surface area contributed by atoms with Gasteiger partial charge in [0.1, 0.15) is 12.2 Å². The van der Waals surface area contributed by atoms with Gasteiger partial charge in [-0.2, -0.15) is 13.2 Å². The number of alkyl halides is 3. The van der Waals surface area contributed by atoms with Gasteiger partial charge in [-0.1, -0.05) is 0 Å². The Labute approximate surface area is 62.3 Å². The van der Waals surface area contributed by atoms with Crippen molar-refractivity contribution in [2.24, 2.45) is 0 Å². The minimum absolute atomic E-state index is 0.0203.